The number of hydrogen-bond donors (Lipinski definition) is 1. The second-order valence-corrected chi connectivity index (χ2v) is 6.63. The van der Waals surface area contributed by atoms with Gasteiger partial charge in [-0.05, 0) is 38.3 Å². The molecule has 0 bridgehead atoms. The molecule has 1 nitrogen and oxygen atoms in total. The Bertz CT molecular complexity index is 190. The molecular formula is C18H37N. The van der Waals surface area contributed by atoms with Crippen LogP contribution in [0.15, 0.2) is 0 Å². The van der Waals surface area contributed by atoms with Crippen molar-refractivity contribution in [2.75, 3.05) is 13.6 Å². The summed E-state index contributed by atoms with van der Waals surface area (Å²) in [6.07, 6.45) is 19.1. The highest BCUT2D eigenvalue weighted by Crippen LogP contribution is 2.37. The maximum absolute atomic E-state index is 3.34. The fourth-order valence-corrected chi connectivity index (χ4v) is 3.44. The molecule has 1 saturated carbocycles. The first kappa shape index (κ1) is 17.0. The Hall–Kier alpha value is -0.0400. The Morgan fingerprint density at radius 3 is 1.74 bits per heavy atom. The van der Waals surface area contributed by atoms with E-state index in [1.807, 2.05) is 0 Å². The molecule has 1 aliphatic rings. The maximum atomic E-state index is 3.34. The lowest BCUT2D eigenvalue weighted by Gasteiger charge is -2.36. The second kappa shape index (κ2) is 11.8. The van der Waals surface area contributed by atoms with Crippen molar-refractivity contribution in [1.82, 2.24) is 5.32 Å². The van der Waals surface area contributed by atoms with Crippen molar-refractivity contribution in [3.63, 3.8) is 0 Å². The average molecular weight is 268 g/mol. The van der Waals surface area contributed by atoms with Gasteiger partial charge in [-0.3, -0.25) is 0 Å². The van der Waals surface area contributed by atoms with Gasteiger partial charge in [0, 0.05) is 0 Å². The van der Waals surface area contributed by atoms with Crippen LogP contribution in [0.25, 0.3) is 0 Å². The molecular weight excluding hydrogens is 230 g/mol. The summed E-state index contributed by atoms with van der Waals surface area (Å²) in [4.78, 5) is 0. The molecule has 0 aliphatic heterocycles. The van der Waals surface area contributed by atoms with E-state index in [-0.39, 0.29) is 0 Å². The van der Waals surface area contributed by atoms with Gasteiger partial charge in [-0.15, -0.1) is 0 Å². The van der Waals surface area contributed by atoms with Gasteiger partial charge in [0.15, 0.2) is 0 Å². The summed E-state index contributed by atoms with van der Waals surface area (Å²) in [5.41, 5.74) is 0. The maximum Gasteiger partial charge on any atom is -0.00209 e. The number of nitrogens with one attached hydrogen (secondary N) is 1. The summed E-state index contributed by atoms with van der Waals surface area (Å²) in [6.45, 7) is 3.55. The quantitative estimate of drug-likeness (QED) is 0.432. The summed E-state index contributed by atoms with van der Waals surface area (Å²) >= 11 is 0. The van der Waals surface area contributed by atoms with E-state index >= 15 is 0 Å². The number of hydrogen-bond acceptors (Lipinski definition) is 1. The smallest absolute Gasteiger partial charge is 0.00209 e. The predicted octanol–water partition coefficient (Wildman–Crippen LogP) is 5.54. The zero-order valence-electron chi connectivity index (χ0n) is 13.6. The first-order chi connectivity index (χ1) is 9.38. The van der Waals surface area contributed by atoms with Crippen molar-refractivity contribution in [2.45, 2.75) is 90.4 Å². The summed E-state index contributed by atoms with van der Waals surface area (Å²) in [6, 6.07) is 0. The summed E-state index contributed by atoms with van der Waals surface area (Å²) in [5.74, 6) is 2.06. The monoisotopic (exact) mass is 267 g/mol. The zero-order chi connectivity index (χ0) is 13.8. The highest BCUT2D eigenvalue weighted by atomic mass is 14.8. The normalized spacial score (nSPS) is 22.4. The van der Waals surface area contributed by atoms with Crippen LogP contribution in [0.5, 0.6) is 0 Å². The van der Waals surface area contributed by atoms with Crippen LogP contribution in [0, 0.1) is 11.8 Å². The molecule has 0 aromatic heterocycles. The summed E-state index contributed by atoms with van der Waals surface area (Å²) in [7, 11) is 2.09. The van der Waals surface area contributed by atoms with Crippen molar-refractivity contribution in [2.24, 2.45) is 11.8 Å². The topological polar surface area (TPSA) is 12.0 Å². The van der Waals surface area contributed by atoms with Crippen molar-refractivity contribution in [3.8, 4) is 0 Å². The molecule has 2 unspecified atom stereocenters. The predicted molar refractivity (Wildman–Crippen MR) is 86.6 cm³/mol. The molecule has 0 spiro atoms. The number of unbranched alkanes of at least 4 members (excludes halogenated alkanes) is 9. The lowest BCUT2D eigenvalue weighted by Crippen LogP contribution is -2.33. The van der Waals surface area contributed by atoms with Gasteiger partial charge in [0.1, 0.15) is 0 Å². The zero-order valence-corrected chi connectivity index (χ0v) is 13.6. The van der Waals surface area contributed by atoms with Crippen LogP contribution in [0.4, 0.5) is 0 Å². The van der Waals surface area contributed by atoms with E-state index in [0.717, 1.165) is 11.8 Å². The second-order valence-electron chi connectivity index (χ2n) is 6.63. The fraction of sp³-hybridized carbons (Fsp3) is 1.00. The van der Waals surface area contributed by atoms with E-state index in [1.54, 1.807) is 0 Å². The van der Waals surface area contributed by atoms with Gasteiger partial charge in [-0.2, -0.15) is 0 Å². The van der Waals surface area contributed by atoms with Gasteiger partial charge in [0.05, 0.1) is 0 Å². The molecule has 114 valence electrons. The number of rotatable bonds is 13. The minimum Gasteiger partial charge on any atom is -0.319 e. The van der Waals surface area contributed by atoms with Crippen molar-refractivity contribution < 1.29 is 0 Å². The first-order valence-electron chi connectivity index (χ1n) is 9.03. The third kappa shape index (κ3) is 7.97. The van der Waals surface area contributed by atoms with Crippen molar-refractivity contribution >= 4 is 0 Å². The molecule has 1 fully saturated rings. The molecule has 2 atom stereocenters. The molecule has 0 aromatic rings. The Balaban J connectivity index is 1.76. The molecule has 19 heavy (non-hydrogen) atoms. The Morgan fingerprint density at radius 2 is 1.26 bits per heavy atom. The van der Waals surface area contributed by atoms with Crippen LogP contribution in [0.1, 0.15) is 90.4 Å². The Morgan fingerprint density at radius 1 is 0.737 bits per heavy atom. The molecule has 1 aliphatic carbocycles. The standard InChI is InChI=1S/C18H37N/c1-3-4-5-6-7-8-9-10-11-12-13-17-14-15-18(17)16-19-2/h17-19H,3-16H2,1-2H3. The van der Waals surface area contributed by atoms with Crippen LogP contribution >= 0.6 is 0 Å². The molecule has 1 rings (SSSR count). The Kier molecular flexibility index (Phi) is 10.5. The minimum atomic E-state index is 1.00. The highest BCUT2D eigenvalue weighted by Gasteiger charge is 2.28. The van der Waals surface area contributed by atoms with E-state index in [4.69, 9.17) is 0 Å². The summed E-state index contributed by atoms with van der Waals surface area (Å²) in [5, 5.41) is 3.34. The molecule has 1 heteroatoms. The summed E-state index contributed by atoms with van der Waals surface area (Å²) < 4.78 is 0. The van der Waals surface area contributed by atoms with E-state index in [1.165, 1.54) is 90.0 Å². The molecule has 1 N–H and O–H groups in total. The van der Waals surface area contributed by atoms with Gasteiger partial charge < -0.3 is 5.32 Å². The van der Waals surface area contributed by atoms with E-state index in [0.29, 0.717) is 0 Å². The largest absolute Gasteiger partial charge is 0.319 e. The van der Waals surface area contributed by atoms with Crippen LogP contribution in [-0.4, -0.2) is 13.6 Å². The molecule has 0 aromatic carbocycles. The lowest BCUT2D eigenvalue weighted by atomic mass is 9.71. The van der Waals surface area contributed by atoms with Gasteiger partial charge in [0.2, 0.25) is 0 Å². The molecule has 0 heterocycles. The van der Waals surface area contributed by atoms with Gasteiger partial charge >= 0.3 is 0 Å². The van der Waals surface area contributed by atoms with Gasteiger partial charge in [0.25, 0.3) is 0 Å². The van der Waals surface area contributed by atoms with Crippen molar-refractivity contribution in [1.29, 1.82) is 0 Å². The van der Waals surface area contributed by atoms with Crippen LogP contribution in [-0.2, 0) is 0 Å². The van der Waals surface area contributed by atoms with Crippen LogP contribution in [0.3, 0.4) is 0 Å². The van der Waals surface area contributed by atoms with Gasteiger partial charge in [-0.25, -0.2) is 0 Å². The minimum absolute atomic E-state index is 1.00. The average Bonchev–Trinajstić information content (AvgIpc) is 2.41. The van der Waals surface area contributed by atoms with Crippen molar-refractivity contribution in [3.05, 3.63) is 0 Å². The molecule has 0 amide bonds. The Labute approximate surface area is 121 Å². The lowest BCUT2D eigenvalue weighted by molar-refractivity contribution is 0.159. The third-order valence-corrected chi connectivity index (χ3v) is 4.97. The van der Waals surface area contributed by atoms with E-state index in [9.17, 15) is 0 Å². The van der Waals surface area contributed by atoms with E-state index < -0.39 is 0 Å². The van der Waals surface area contributed by atoms with Crippen LogP contribution in [0.2, 0.25) is 0 Å². The third-order valence-electron chi connectivity index (χ3n) is 4.97. The van der Waals surface area contributed by atoms with Crippen LogP contribution < -0.4 is 5.32 Å². The first-order valence-corrected chi connectivity index (χ1v) is 9.03. The SMILES string of the molecule is CCCCCCCCCCCCC1CCC1CNC. The van der Waals surface area contributed by atoms with E-state index in [2.05, 4.69) is 19.3 Å². The fourth-order valence-electron chi connectivity index (χ4n) is 3.44. The molecule has 0 radical (unpaired) electrons. The van der Waals surface area contributed by atoms with Gasteiger partial charge in [-0.1, -0.05) is 77.6 Å². The highest BCUT2D eigenvalue weighted by molar-refractivity contribution is 4.81. The molecule has 0 saturated heterocycles.